The molecule has 0 aliphatic carbocycles. The van der Waals surface area contributed by atoms with Crippen LogP contribution in [0.1, 0.15) is 37.7 Å². The summed E-state index contributed by atoms with van der Waals surface area (Å²) in [6, 6.07) is 0.603. The fourth-order valence-corrected chi connectivity index (χ4v) is 3.90. The maximum absolute atomic E-state index is 12.3. The van der Waals surface area contributed by atoms with Crippen molar-refractivity contribution in [3.63, 3.8) is 0 Å². The molecule has 0 aromatic carbocycles. The number of carbonyl (C=O) groups is 2. The fourth-order valence-electron chi connectivity index (χ4n) is 2.91. The van der Waals surface area contributed by atoms with E-state index < -0.39 is 0 Å². The maximum atomic E-state index is 12.3. The topological polar surface area (TPSA) is 77.6 Å². The highest BCUT2D eigenvalue weighted by Crippen LogP contribution is 2.16. The van der Waals surface area contributed by atoms with Crippen molar-refractivity contribution < 1.29 is 9.59 Å². The van der Waals surface area contributed by atoms with Crippen LogP contribution >= 0.6 is 27.3 Å². The van der Waals surface area contributed by atoms with Crippen molar-refractivity contribution in [3.05, 3.63) is 26.8 Å². The molecule has 1 aliphatic rings. The molecule has 1 aromatic rings. The Morgan fingerprint density at radius 1 is 1.33 bits per heavy atom. The van der Waals surface area contributed by atoms with E-state index >= 15 is 0 Å². The summed E-state index contributed by atoms with van der Waals surface area (Å²) < 4.78 is 0.633. The Labute approximate surface area is 173 Å². The lowest BCUT2D eigenvalue weighted by Gasteiger charge is -2.36. The number of hydrogen-bond donors (Lipinski definition) is 2. The number of carbonyl (C=O) groups excluding carboxylic acids is 2. The van der Waals surface area contributed by atoms with Gasteiger partial charge in [0, 0.05) is 44.1 Å². The number of nitrogens with one attached hydrogen (secondary N) is 2. The predicted molar refractivity (Wildman–Crippen MR) is 112 cm³/mol. The molecule has 0 saturated carbocycles. The summed E-state index contributed by atoms with van der Waals surface area (Å²) in [4.78, 5) is 33.4. The molecule has 9 heteroatoms. The van der Waals surface area contributed by atoms with Gasteiger partial charge in [0.25, 0.3) is 11.8 Å². The summed E-state index contributed by atoms with van der Waals surface area (Å²) in [5, 5.41) is 7.14. The summed E-state index contributed by atoms with van der Waals surface area (Å²) in [6.07, 6.45) is 2.48. The first kappa shape index (κ1) is 22.0. The van der Waals surface area contributed by atoms with E-state index in [1.54, 1.807) is 18.4 Å². The third-order valence-electron chi connectivity index (χ3n) is 4.56. The third kappa shape index (κ3) is 6.99. The molecule has 150 valence electrons. The van der Waals surface area contributed by atoms with Gasteiger partial charge >= 0.3 is 0 Å². The molecule has 0 spiro atoms. The third-order valence-corrected chi connectivity index (χ3v) is 5.93. The number of halogens is 1. The molecular formula is C18H28BrN5O2S. The molecule has 1 fully saturated rings. The van der Waals surface area contributed by atoms with Crippen LogP contribution in [0.4, 0.5) is 0 Å². The van der Waals surface area contributed by atoms with Crippen molar-refractivity contribution in [1.82, 2.24) is 25.4 Å². The summed E-state index contributed by atoms with van der Waals surface area (Å²) in [6.45, 7) is 12.1. The number of aromatic nitrogens is 1. The zero-order chi connectivity index (χ0) is 19.8. The Morgan fingerprint density at radius 3 is 2.59 bits per heavy atom. The van der Waals surface area contributed by atoms with Gasteiger partial charge in [0.05, 0.1) is 0 Å². The molecule has 1 aromatic heterocycles. The number of amides is 2. The molecule has 1 aliphatic heterocycles. The zero-order valence-electron chi connectivity index (χ0n) is 16.1. The molecule has 0 bridgehead atoms. The Balaban J connectivity index is 1.67. The van der Waals surface area contributed by atoms with E-state index in [0.717, 1.165) is 39.1 Å². The molecule has 2 heterocycles. The van der Waals surface area contributed by atoms with Gasteiger partial charge in [-0.1, -0.05) is 6.08 Å². The van der Waals surface area contributed by atoms with Gasteiger partial charge in [-0.15, -0.1) is 11.3 Å². The molecule has 2 N–H and O–H groups in total. The molecule has 0 radical (unpaired) electrons. The van der Waals surface area contributed by atoms with E-state index in [9.17, 15) is 9.59 Å². The average Bonchev–Trinajstić information content (AvgIpc) is 3.09. The van der Waals surface area contributed by atoms with E-state index in [1.165, 1.54) is 11.3 Å². The number of piperazine rings is 1. The van der Waals surface area contributed by atoms with Crippen LogP contribution < -0.4 is 10.6 Å². The van der Waals surface area contributed by atoms with Crippen molar-refractivity contribution in [3.8, 4) is 0 Å². The first-order valence-electron chi connectivity index (χ1n) is 9.24. The lowest BCUT2D eigenvalue weighted by molar-refractivity contribution is -0.117. The zero-order valence-corrected chi connectivity index (χ0v) is 18.5. The maximum Gasteiger partial charge on any atom is 0.275 e. The molecule has 0 atom stereocenters. The minimum Gasteiger partial charge on any atom is -0.351 e. The normalized spacial score (nSPS) is 16.6. The Hall–Kier alpha value is -1.29. The minimum absolute atomic E-state index is 0.245. The summed E-state index contributed by atoms with van der Waals surface area (Å²) in [5.74, 6) is -0.659. The number of allylic oxidation sites excluding steroid dienone is 1. The number of rotatable bonds is 8. The van der Waals surface area contributed by atoms with Crippen LogP contribution in [-0.4, -0.2) is 71.9 Å². The Bertz CT molecular complexity index is 668. The first-order valence-corrected chi connectivity index (χ1v) is 10.9. The number of thiazole rings is 1. The summed E-state index contributed by atoms with van der Waals surface area (Å²) in [7, 11) is 0. The second kappa shape index (κ2) is 10.9. The fraction of sp³-hybridized carbons (Fsp3) is 0.611. The second-order valence-electron chi connectivity index (χ2n) is 6.72. The highest BCUT2D eigenvalue weighted by atomic mass is 79.9. The second-order valence-corrected chi connectivity index (χ2v) is 8.86. The van der Waals surface area contributed by atoms with E-state index in [1.807, 2.05) is 0 Å². The molecule has 27 heavy (non-hydrogen) atoms. The molecule has 0 unspecified atom stereocenters. The van der Waals surface area contributed by atoms with E-state index in [0.29, 0.717) is 22.2 Å². The van der Waals surface area contributed by atoms with Gasteiger partial charge in [0.15, 0.2) is 3.92 Å². The van der Waals surface area contributed by atoms with Crippen molar-refractivity contribution in [2.45, 2.75) is 33.2 Å². The van der Waals surface area contributed by atoms with E-state index in [2.05, 4.69) is 55.2 Å². The van der Waals surface area contributed by atoms with Crippen molar-refractivity contribution >= 4 is 39.1 Å². The number of hydrogen-bond acceptors (Lipinski definition) is 6. The van der Waals surface area contributed by atoms with Crippen molar-refractivity contribution in [2.24, 2.45) is 0 Å². The van der Waals surface area contributed by atoms with Gasteiger partial charge in [0.2, 0.25) is 0 Å². The highest BCUT2D eigenvalue weighted by molar-refractivity contribution is 9.11. The van der Waals surface area contributed by atoms with E-state index in [4.69, 9.17) is 0 Å². The van der Waals surface area contributed by atoms with Crippen molar-refractivity contribution in [2.75, 3.05) is 39.3 Å². The Morgan fingerprint density at radius 2 is 2.04 bits per heavy atom. The van der Waals surface area contributed by atoms with Gasteiger partial charge in [-0.2, -0.15) is 0 Å². The van der Waals surface area contributed by atoms with Gasteiger partial charge < -0.3 is 15.5 Å². The smallest absolute Gasteiger partial charge is 0.275 e. The highest BCUT2D eigenvalue weighted by Gasteiger charge is 2.19. The van der Waals surface area contributed by atoms with Gasteiger partial charge in [-0.3, -0.25) is 14.5 Å². The quantitative estimate of drug-likeness (QED) is 0.461. The van der Waals surface area contributed by atoms with Gasteiger partial charge in [0.1, 0.15) is 11.4 Å². The van der Waals surface area contributed by atoms with Crippen LogP contribution in [-0.2, 0) is 4.79 Å². The molecule has 7 nitrogen and oxygen atoms in total. The van der Waals surface area contributed by atoms with E-state index in [-0.39, 0.29) is 17.5 Å². The van der Waals surface area contributed by atoms with Crippen LogP contribution in [0.15, 0.2) is 21.1 Å². The van der Waals surface area contributed by atoms with Crippen LogP contribution in [0.2, 0.25) is 0 Å². The first-order chi connectivity index (χ1) is 12.9. The Kier molecular flexibility index (Phi) is 8.88. The molecule has 2 rings (SSSR count). The van der Waals surface area contributed by atoms with Crippen LogP contribution in [0, 0.1) is 0 Å². The van der Waals surface area contributed by atoms with Gasteiger partial charge in [-0.25, -0.2) is 4.98 Å². The van der Waals surface area contributed by atoms with Gasteiger partial charge in [-0.05, 0) is 49.7 Å². The van der Waals surface area contributed by atoms with Crippen LogP contribution in [0.25, 0.3) is 0 Å². The standard InChI is InChI=1S/C18H28BrN5O2S/c1-4-14(21-17(26)15-12-27-18(19)22-15)16(25)20-6-5-7-23-8-10-24(11-9-23)13(2)3/h4,12-13H,5-11H2,1-3H3,(H,20,25)(H,21,26)/b14-4-. The molecular weight excluding hydrogens is 430 g/mol. The van der Waals surface area contributed by atoms with Crippen LogP contribution in [0.3, 0.4) is 0 Å². The van der Waals surface area contributed by atoms with Crippen molar-refractivity contribution in [1.29, 1.82) is 0 Å². The molecule has 1 saturated heterocycles. The lowest BCUT2D eigenvalue weighted by atomic mass is 10.2. The SMILES string of the molecule is C/C=C(\NC(=O)c1csc(Br)n1)C(=O)NCCCN1CCN(C(C)C)CC1. The largest absolute Gasteiger partial charge is 0.351 e. The average molecular weight is 458 g/mol. The monoisotopic (exact) mass is 457 g/mol. The summed E-state index contributed by atoms with van der Waals surface area (Å²) in [5.41, 5.74) is 0.536. The predicted octanol–water partition coefficient (Wildman–Crippen LogP) is 2.07. The minimum atomic E-state index is -0.386. The summed E-state index contributed by atoms with van der Waals surface area (Å²) >= 11 is 4.55. The molecule has 2 amide bonds. The van der Waals surface area contributed by atoms with Crippen LogP contribution in [0.5, 0.6) is 0 Å². The lowest BCUT2D eigenvalue weighted by Crippen LogP contribution is -2.49. The number of nitrogens with zero attached hydrogens (tertiary/aromatic N) is 3.